The van der Waals surface area contributed by atoms with Crippen molar-refractivity contribution in [2.75, 3.05) is 62.6 Å². The van der Waals surface area contributed by atoms with Crippen molar-refractivity contribution in [3.63, 3.8) is 0 Å². The van der Waals surface area contributed by atoms with Crippen LogP contribution in [0.25, 0.3) is 11.3 Å². The van der Waals surface area contributed by atoms with E-state index in [1.165, 1.54) is 64.7 Å². The van der Waals surface area contributed by atoms with Gasteiger partial charge in [-0.05, 0) is 114 Å². The number of carbonyl (C=O) groups is 1. The van der Waals surface area contributed by atoms with Crippen molar-refractivity contribution in [1.29, 1.82) is 0 Å². The number of piperidine rings is 2. The number of phenols is 1. The van der Waals surface area contributed by atoms with Crippen LogP contribution in [0.5, 0.6) is 5.75 Å². The minimum absolute atomic E-state index is 0.0955. The number of fused-ring (bicyclic) bond motifs is 3. The van der Waals surface area contributed by atoms with Crippen LogP contribution in [0.2, 0.25) is 0 Å². The van der Waals surface area contributed by atoms with E-state index in [0.29, 0.717) is 23.2 Å². The van der Waals surface area contributed by atoms with Crippen molar-refractivity contribution in [3.8, 4) is 17.0 Å². The summed E-state index contributed by atoms with van der Waals surface area (Å²) in [5.41, 5.74) is 3.00. The van der Waals surface area contributed by atoms with Crippen LogP contribution in [0.15, 0.2) is 30.3 Å². The van der Waals surface area contributed by atoms with E-state index >= 15 is 0 Å². The Labute approximate surface area is 266 Å². The number of hydrogen-bond donors (Lipinski definition) is 3. The normalized spacial score (nSPS) is 32.0. The van der Waals surface area contributed by atoms with Crippen molar-refractivity contribution in [2.24, 2.45) is 11.3 Å². The second kappa shape index (κ2) is 12.0. The number of nitrogens with one attached hydrogen (secondary N) is 1. The lowest BCUT2D eigenvalue weighted by atomic mass is 9.56. The van der Waals surface area contributed by atoms with Gasteiger partial charge in [0.25, 0.3) is 0 Å². The SMILES string of the molecule is O=C(O)[C@H]1CCC2(CC1)C[C@H](N1CCC(N3CCC(N4CCN5c6cc(-c7ccccc7O)nnc6NCC5C4)CC3)CC1)C2. The van der Waals surface area contributed by atoms with Gasteiger partial charge >= 0.3 is 5.97 Å². The summed E-state index contributed by atoms with van der Waals surface area (Å²) in [5, 5.41) is 32.1. The molecule has 0 amide bonds. The smallest absolute Gasteiger partial charge is 0.306 e. The molecule has 5 fully saturated rings. The summed E-state index contributed by atoms with van der Waals surface area (Å²) in [5.74, 6) is 0.400. The summed E-state index contributed by atoms with van der Waals surface area (Å²) in [4.78, 5) is 22.2. The van der Waals surface area contributed by atoms with Crippen LogP contribution in [-0.4, -0.2) is 118 Å². The van der Waals surface area contributed by atoms with E-state index in [2.05, 4.69) is 41.2 Å². The summed E-state index contributed by atoms with van der Waals surface area (Å²) < 4.78 is 0. The quantitative estimate of drug-likeness (QED) is 0.455. The Balaban J connectivity index is 0.799. The van der Waals surface area contributed by atoms with Gasteiger partial charge in [-0.1, -0.05) is 12.1 Å². The van der Waals surface area contributed by atoms with E-state index in [-0.39, 0.29) is 11.7 Å². The van der Waals surface area contributed by atoms with Gasteiger partial charge in [0.1, 0.15) is 5.75 Å². The number of nitrogens with zero attached hydrogens (tertiary/aromatic N) is 6. The third-order valence-electron chi connectivity index (χ3n) is 12.6. The Bertz CT molecular complexity index is 1370. The third-order valence-corrected chi connectivity index (χ3v) is 12.6. The van der Waals surface area contributed by atoms with Gasteiger partial charge in [-0.2, -0.15) is 0 Å². The molecule has 1 spiro atoms. The van der Waals surface area contributed by atoms with E-state index in [1.807, 2.05) is 18.2 Å². The number of carboxylic acid groups (broad SMARTS) is 1. The fraction of sp³-hybridized carbons (Fsp3) is 0.686. The molecular weight excluding hydrogens is 566 g/mol. The highest BCUT2D eigenvalue weighted by Crippen LogP contribution is 2.54. The number of carboxylic acids is 1. The molecule has 10 heteroatoms. The molecule has 8 rings (SSSR count). The van der Waals surface area contributed by atoms with Gasteiger partial charge in [-0.3, -0.25) is 9.69 Å². The Morgan fingerprint density at radius 1 is 0.800 bits per heavy atom. The lowest BCUT2D eigenvalue weighted by Gasteiger charge is -2.56. The number of aromatic hydroxyl groups is 1. The second-order valence-electron chi connectivity index (χ2n) is 14.9. The largest absolute Gasteiger partial charge is 0.507 e. The number of rotatable bonds is 5. The molecule has 3 N–H and O–H groups in total. The molecule has 2 aliphatic carbocycles. The fourth-order valence-corrected chi connectivity index (χ4v) is 9.78. The maximum atomic E-state index is 11.4. The van der Waals surface area contributed by atoms with Gasteiger partial charge in [0, 0.05) is 49.9 Å². The molecule has 1 atom stereocenters. The zero-order chi connectivity index (χ0) is 30.5. The molecule has 5 heterocycles. The monoisotopic (exact) mass is 615 g/mol. The molecule has 6 aliphatic rings. The number of aromatic nitrogens is 2. The molecular formula is C35H49N7O3. The molecule has 3 saturated heterocycles. The molecule has 45 heavy (non-hydrogen) atoms. The summed E-state index contributed by atoms with van der Waals surface area (Å²) in [7, 11) is 0. The molecule has 2 aromatic rings. The maximum absolute atomic E-state index is 11.4. The van der Waals surface area contributed by atoms with E-state index in [4.69, 9.17) is 0 Å². The Morgan fingerprint density at radius 2 is 1.47 bits per heavy atom. The molecule has 0 radical (unpaired) electrons. The predicted octanol–water partition coefficient (Wildman–Crippen LogP) is 4.12. The number of anilines is 2. The zero-order valence-electron chi connectivity index (χ0n) is 26.5. The fourth-order valence-electron chi connectivity index (χ4n) is 9.78. The van der Waals surface area contributed by atoms with Crippen LogP contribution in [0.4, 0.5) is 11.5 Å². The second-order valence-corrected chi connectivity index (χ2v) is 14.9. The first kappa shape index (κ1) is 29.5. The number of para-hydroxylation sites is 1. The third kappa shape index (κ3) is 5.67. The van der Waals surface area contributed by atoms with Crippen LogP contribution in [-0.2, 0) is 4.79 Å². The van der Waals surface area contributed by atoms with Crippen LogP contribution in [0.1, 0.15) is 64.2 Å². The van der Waals surface area contributed by atoms with Crippen LogP contribution >= 0.6 is 0 Å². The summed E-state index contributed by atoms with van der Waals surface area (Å²) in [6.45, 7) is 8.93. The lowest BCUT2D eigenvalue weighted by molar-refractivity contribution is -0.145. The summed E-state index contributed by atoms with van der Waals surface area (Å²) in [6, 6.07) is 12.0. The number of aliphatic carboxylic acids is 1. The van der Waals surface area contributed by atoms with Gasteiger partial charge in [0.05, 0.1) is 23.3 Å². The number of benzene rings is 1. The van der Waals surface area contributed by atoms with E-state index in [1.54, 1.807) is 6.07 Å². The molecule has 10 nitrogen and oxygen atoms in total. The van der Waals surface area contributed by atoms with Crippen molar-refractivity contribution in [2.45, 2.75) is 88.4 Å². The molecule has 0 bridgehead atoms. The highest BCUT2D eigenvalue weighted by Gasteiger charge is 2.49. The van der Waals surface area contributed by atoms with Crippen molar-refractivity contribution in [1.82, 2.24) is 24.9 Å². The first-order valence-corrected chi connectivity index (χ1v) is 17.6. The topological polar surface area (TPSA) is 108 Å². The molecule has 2 saturated carbocycles. The summed E-state index contributed by atoms with van der Waals surface area (Å²) >= 11 is 0. The van der Waals surface area contributed by atoms with Gasteiger partial charge in [-0.15, -0.1) is 10.2 Å². The average molecular weight is 616 g/mol. The average Bonchev–Trinajstić information content (AvgIpc) is 3.07. The van der Waals surface area contributed by atoms with Crippen LogP contribution in [0.3, 0.4) is 0 Å². The molecule has 1 aromatic carbocycles. The minimum Gasteiger partial charge on any atom is -0.507 e. The van der Waals surface area contributed by atoms with Gasteiger partial charge < -0.3 is 30.2 Å². The molecule has 1 aromatic heterocycles. The minimum atomic E-state index is -0.584. The number of hydrogen-bond acceptors (Lipinski definition) is 9. The van der Waals surface area contributed by atoms with Crippen LogP contribution in [0, 0.1) is 11.3 Å². The van der Waals surface area contributed by atoms with Gasteiger partial charge in [-0.25, -0.2) is 0 Å². The molecule has 1 unspecified atom stereocenters. The van der Waals surface area contributed by atoms with E-state index < -0.39 is 5.97 Å². The van der Waals surface area contributed by atoms with E-state index in [0.717, 1.165) is 81.0 Å². The highest BCUT2D eigenvalue weighted by atomic mass is 16.4. The standard InChI is InChI=1S/C35H49N7O3/c43-32-4-2-1-3-29(32)30-19-31-33(38-37-30)36-22-28-23-41(17-18-42(28)31)26-9-13-39(14-10-26)25-7-15-40(16-8-25)27-20-35(21-27)11-5-24(6-12-35)34(44)45/h1-4,19,24-28,43H,5-18,20-23H2,(H,36,38)(H,44,45)/t24-,27-,28?,35?. The first-order valence-electron chi connectivity index (χ1n) is 17.6. The Kier molecular flexibility index (Phi) is 7.86. The first-order chi connectivity index (χ1) is 21.9. The zero-order valence-corrected chi connectivity index (χ0v) is 26.5. The summed E-state index contributed by atoms with van der Waals surface area (Å²) in [6.07, 6.45) is 11.8. The van der Waals surface area contributed by atoms with E-state index in [9.17, 15) is 15.0 Å². The van der Waals surface area contributed by atoms with Crippen molar-refractivity contribution >= 4 is 17.5 Å². The van der Waals surface area contributed by atoms with Crippen LogP contribution < -0.4 is 10.2 Å². The predicted molar refractivity (Wildman–Crippen MR) is 175 cm³/mol. The Morgan fingerprint density at radius 3 is 2.16 bits per heavy atom. The lowest BCUT2D eigenvalue weighted by Crippen LogP contribution is -2.61. The maximum Gasteiger partial charge on any atom is 0.306 e. The van der Waals surface area contributed by atoms with Crippen molar-refractivity contribution < 1.29 is 15.0 Å². The Hall–Kier alpha value is -2.95. The van der Waals surface area contributed by atoms with Crippen molar-refractivity contribution in [3.05, 3.63) is 30.3 Å². The molecule has 4 aliphatic heterocycles. The number of likely N-dealkylation sites (tertiary alicyclic amines) is 2. The molecule has 242 valence electrons. The van der Waals surface area contributed by atoms with Gasteiger partial charge in [0.2, 0.25) is 0 Å². The highest BCUT2D eigenvalue weighted by molar-refractivity contribution is 5.76. The number of phenolic OH excluding ortho intramolecular Hbond substituents is 1. The van der Waals surface area contributed by atoms with Gasteiger partial charge in [0.15, 0.2) is 5.82 Å². The number of piperazine rings is 1.